The molecule has 1 heterocycles. The predicted molar refractivity (Wildman–Crippen MR) is 109 cm³/mol. The van der Waals surface area contributed by atoms with E-state index in [0.29, 0.717) is 36.0 Å². The minimum absolute atomic E-state index is 0.0522. The van der Waals surface area contributed by atoms with Gasteiger partial charge < -0.3 is 19.3 Å². The van der Waals surface area contributed by atoms with Crippen molar-refractivity contribution in [2.45, 2.75) is 13.5 Å². The number of hydrogen-bond donors (Lipinski definition) is 1. The number of benzene rings is 3. The number of ether oxygens (including phenoxy) is 3. The van der Waals surface area contributed by atoms with Crippen molar-refractivity contribution in [3.63, 3.8) is 0 Å². The first-order valence-corrected chi connectivity index (χ1v) is 9.35. The molecule has 0 amide bonds. The van der Waals surface area contributed by atoms with Gasteiger partial charge in [0.25, 0.3) is 0 Å². The smallest absolute Gasteiger partial charge is 0.231 e. The van der Waals surface area contributed by atoms with Crippen molar-refractivity contribution in [3.8, 4) is 23.0 Å². The van der Waals surface area contributed by atoms with Gasteiger partial charge in [0, 0.05) is 6.07 Å². The van der Waals surface area contributed by atoms with Gasteiger partial charge in [-0.1, -0.05) is 36.4 Å². The Balaban J connectivity index is 1.56. The second-order valence-corrected chi connectivity index (χ2v) is 6.53. The van der Waals surface area contributed by atoms with E-state index in [4.69, 9.17) is 14.2 Å². The van der Waals surface area contributed by atoms with Crippen LogP contribution in [0.5, 0.6) is 23.0 Å². The van der Waals surface area contributed by atoms with E-state index in [-0.39, 0.29) is 17.3 Å². The zero-order valence-corrected chi connectivity index (χ0v) is 15.9. The molecule has 0 radical (unpaired) electrons. The summed E-state index contributed by atoms with van der Waals surface area (Å²) in [7, 11) is 0. The van der Waals surface area contributed by atoms with E-state index in [1.165, 1.54) is 12.1 Å². The number of carbonyl (C=O) groups is 1. The Labute approximate surface area is 168 Å². The Bertz CT molecular complexity index is 1070. The summed E-state index contributed by atoms with van der Waals surface area (Å²) in [6, 6.07) is 19.8. The number of phenols is 1. The molecule has 0 saturated carbocycles. The maximum Gasteiger partial charge on any atom is 0.231 e. The summed E-state index contributed by atoms with van der Waals surface area (Å²) in [5.74, 6) is 1.61. The molecule has 0 saturated heterocycles. The van der Waals surface area contributed by atoms with E-state index in [1.54, 1.807) is 12.1 Å². The highest BCUT2D eigenvalue weighted by Gasteiger charge is 2.27. The predicted octanol–water partition coefficient (Wildman–Crippen LogP) is 4.99. The van der Waals surface area contributed by atoms with Crippen LogP contribution in [-0.2, 0) is 6.61 Å². The van der Waals surface area contributed by atoms with Gasteiger partial charge in [-0.05, 0) is 48.4 Å². The average molecular weight is 388 g/mol. The largest absolute Gasteiger partial charge is 0.508 e. The van der Waals surface area contributed by atoms with Crippen LogP contribution in [0.2, 0.25) is 0 Å². The fraction of sp³-hybridized carbons (Fsp3) is 0.125. The molecule has 5 heteroatoms. The molecule has 3 aromatic rings. The topological polar surface area (TPSA) is 65.0 Å². The van der Waals surface area contributed by atoms with Crippen LogP contribution in [0.15, 0.2) is 72.5 Å². The summed E-state index contributed by atoms with van der Waals surface area (Å²) in [4.78, 5) is 12.5. The van der Waals surface area contributed by atoms with Crippen LogP contribution in [0, 0.1) is 0 Å². The third-order valence-electron chi connectivity index (χ3n) is 4.46. The van der Waals surface area contributed by atoms with Gasteiger partial charge in [-0.15, -0.1) is 0 Å². The molecule has 0 aromatic heterocycles. The monoisotopic (exact) mass is 388 g/mol. The summed E-state index contributed by atoms with van der Waals surface area (Å²) < 4.78 is 17.3. The number of rotatable bonds is 6. The van der Waals surface area contributed by atoms with Crippen LogP contribution < -0.4 is 14.2 Å². The standard InChI is InChI=1S/C24H20O5/c1-2-27-22-12-17(8-11-20(22)28-15-16-6-4-3-5-7-16)13-23-24(26)19-10-9-18(25)14-21(19)29-23/h3-14,25H,2,15H2,1H3/b23-13-. The Morgan fingerprint density at radius 3 is 2.59 bits per heavy atom. The second kappa shape index (κ2) is 8.10. The molecule has 0 aliphatic carbocycles. The van der Waals surface area contributed by atoms with Crippen molar-refractivity contribution >= 4 is 11.9 Å². The Kier molecular flexibility index (Phi) is 5.20. The van der Waals surface area contributed by atoms with Crippen molar-refractivity contribution in [2.24, 2.45) is 0 Å². The molecule has 1 aliphatic rings. The van der Waals surface area contributed by atoms with Gasteiger partial charge in [0.1, 0.15) is 18.1 Å². The molecule has 4 rings (SSSR count). The highest BCUT2D eigenvalue weighted by atomic mass is 16.5. The molecule has 1 aliphatic heterocycles. The van der Waals surface area contributed by atoms with Crippen LogP contribution in [-0.4, -0.2) is 17.5 Å². The third kappa shape index (κ3) is 4.09. The minimum atomic E-state index is -0.220. The van der Waals surface area contributed by atoms with Crippen molar-refractivity contribution < 1.29 is 24.1 Å². The molecule has 3 aromatic carbocycles. The third-order valence-corrected chi connectivity index (χ3v) is 4.46. The van der Waals surface area contributed by atoms with Crippen molar-refractivity contribution in [1.82, 2.24) is 0 Å². The van der Waals surface area contributed by atoms with Crippen molar-refractivity contribution in [1.29, 1.82) is 0 Å². The van der Waals surface area contributed by atoms with Gasteiger partial charge in [0.15, 0.2) is 17.3 Å². The first-order chi connectivity index (χ1) is 14.1. The molecule has 1 N–H and O–H groups in total. The van der Waals surface area contributed by atoms with Gasteiger partial charge in [-0.3, -0.25) is 4.79 Å². The number of ketones is 1. The Morgan fingerprint density at radius 2 is 1.79 bits per heavy atom. The number of phenolic OH excluding ortho intramolecular Hbond substituents is 1. The summed E-state index contributed by atoms with van der Waals surface area (Å²) in [5.41, 5.74) is 2.25. The van der Waals surface area contributed by atoms with E-state index in [9.17, 15) is 9.90 Å². The van der Waals surface area contributed by atoms with Gasteiger partial charge >= 0.3 is 0 Å². The van der Waals surface area contributed by atoms with Gasteiger partial charge in [-0.2, -0.15) is 0 Å². The number of fused-ring (bicyclic) bond motifs is 1. The fourth-order valence-corrected chi connectivity index (χ4v) is 3.06. The molecule has 0 atom stereocenters. The van der Waals surface area contributed by atoms with Gasteiger partial charge in [-0.25, -0.2) is 0 Å². The second-order valence-electron chi connectivity index (χ2n) is 6.53. The molecular formula is C24H20O5. The lowest BCUT2D eigenvalue weighted by Gasteiger charge is -2.13. The number of allylic oxidation sites excluding steroid dienone is 1. The number of aromatic hydroxyl groups is 1. The fourth-order valence-electron chi connectivity index (χ4n) is 3.06. The summed E-state index contributed by atoms with van der Waals surface area (Å²) >= 11 is 0. The van der Waals surface area contributed by atoms with E-state index in [1.807, 2.05) is 55.5 Å². The average Bonchev–Trinajstić information content (AvgIpc) is 3.03. The van der Waals surface area contributed by atoms with Gasteiger partial charge in [0.05, 0.1) is 12.2 Å². The van der Waals surface area contributed by atoms with Crippen LogP contribution in [0.25, 0.3) is 6.08 Å². The van der Waals surface area contributed by atoms with Crippen molar-refractivity contribution in [2.75, 3.05) is 6.61 Å². The molecule has 0 bridgehead atoms. The molecule has 0 fully saturated rings. The van der Waals surface area contributed by atoms with E-state index in [0.717, 1.165) is 11.1 Å². The number of Topliss-reactive ketones (excluding diaryl/α,β-unsaturated/α-hetero) is 1. The molecular weight excluding hydrogens is 368 g/mol. The van der Waals surface area contributed by atoms with Crippen LogP contribution in [0.1, 0.15) is 28.4 Å². The number of carbonyl (C=O) groups excluding carboxylic acids is 1. The highest BCUT2D eigenvalue weighted by molar-refractivity contribution is 6.14. The Hall–Kier alpha value is -3.73. The van der Waals surface area contributed by atoms with Gasteiger partial charge in [0.2, 0.25) is 5.78 Å². The number of hydrogen-bond acceptors (Lipinski definition) is 5. The summed E-state index contributed by atoms with van der Waals surface area (Å²) in [5, 5.41) is 9.58. The normalized spacial score (nSPS) is 13.8. The molecule has 0 unspecified atom stereocenters. The van der Waals surface area contributed by atoms with E-state index < -0.39 is 0 Å². The minimum Gasteiger partial charge on any atom is -0.508 e. The zero-order valence-electron chi connectivity index (χ0n) is 15.9. The van der Waals surface area contributed by atoms with E-state index in [2.05, 4.69) is 0 Å². The zero-order chi connectivity index (χ0) is 20.2. The summed E-state index contributed by atoms with van der Waals surface area (Å²) in [6.07, 6.45) is 1.66. The maximum atomic E-state index is 12.5. The first kappa shape index (κ1) is 18.6. The molecule has 5 nitrogen and oxygen atoms in total. The highest BCUT2D eigenvalue weighted by Crippen LogP contribution is 2.35. The first-order valence-electron chi connectivity index (χ1n) is 9.35. The quantitative estimate of drug-likeness (QED) is 0.603. The molecule has 29 heavy (non-hydrogen) atoms. The maximum absolute atomic E-state index is 12.5. The van der Waals surface area contributed by atoms with E-state index >= 15 is 0 Å². The molecule has 146 valence electrons. The summed E-state index contributed by atoms with van der Waals surface area (Å²) in [6.45, 7) is 2.82. The van der Waals surface area contributed by atoms with Crippen LogP contribution in [0.3, 0.4) is 0 Å². The lowest BCUT2D eigenvalue weighted by Crippen LogP contribution is -2.01. The lowest BCUT2D eigenvalue weighted by atomic mass is 10.1. The van der Waals surface area contributed by atoms with Crippen LogP contribution >= 0.6 is 0 Å². The lowest BCUT2D eigenvalue weighted by molar-refractivity contribution is 0.101. The molecule has 0 spiro atoms. The SMILES string of the molecule is CCOc1cc(/C=C2\Oc3cc(O)ccc3C2=O)ccc1OCc1ccccc1. The van der Waals surface area contributed by atoms with Crippen molar-refractivity contribution in [3.05, 3.63) is 89.2 Å². The van der Waals surface area contributed by atoms with Crippen LogP contribution in [0.4, 0.5) is 0 Å². The Morgan fingerprint density at radius 1 is 0.966 bits per heavy atom.